The molecule has 0 amide bonds. The predicted octanol–water partition coefficient (Wildman–Crippen LogP) is 9.15. The number of nitrogens with zero attached hydrogens (tertiary/aromatic N) is 8. The maximum absolute atomic E-state index is 14.8. The van der Waals surface area contributed by atoms with Crippen molar-refractivity contribution in [2.75, 3.05) is 11.5 Å². The summed E-state index contributed by atoms with van der Waals surface area (Å²) in [6.07, 6.45) is 5.84. The molecule has 3 aliphatic rings. The summed E-state index contributed by atoms with van der Waals surface area (Å²) in [6, 6.07) is 8.37. The van der Waals surface area contributed by atoms with Gasteiger partial charge in [-0.2, -0.15) is 0 Å². The molecular formula is C47H51BF4IN9O6S2. The smallest absolute Gasteiger partial charge is 0.399 e. The van der Waals surface area contributed by atoms with Gasteiger partial charge < -0.3 is 24.7 Å². The Balaban J connectivity index is 0.000000212. The van der Waals surface area contributed by atoms with E-state index in [1.54, 1.807) is 62.4 Å². The molecule has 23 heteroatoms. The lowest BCUT2D eigenvalue weighted by molar-refractivity contribution is 0.00578. The summed E-state index contributed by atoms with van der Waals surface area (Å²) in [6.45, 7) is 32.2. The summed E-state index contributed by atoms with van der Waals surface area (Å²) in [4.78, 5) is 30.0. The van der Waals surface area contributed by atoms with Crippen molar-refractivity contribution in [3.05, 3.63) is 128 Å². The lowest BCUT2D eigenvalue weighted by Crippen LogP contribution is -2.55. The van der Waals surface area contributed by atoms with Gasteiger partial charge >= 0.3 is 7.12 Å². The number of hydrogen-bond acceptors (Lipinski definition) is 13. The van der Waals surface area contributed by atoms with E-state index < -0.39 is 87.6 Å². The maximum Gasteiger partial charge on any atom is 0.494 e. The van der Waals surface area contributed by atoms with Crippen LogP contribution in [0.1, 0.15) is 104 Å². The molecule has 4 aromatic rings. The van der Waals surface area contributed by atoms with E-state index in [2.05, 4.69) is 39.6 Å². The first kappa shape index (κ1) is 55.5. The summed E-state index contributed by atoms with van der Waals surface area (Å²) in [5, 5.41) is 0. The molecule has 370 valence electrons. The molecule has 7 rings (SSSR count). The van der Waals surface area contributed by atoms with Gasteiger partial charge in [-0.1, -0.05) is 31.3 Å². The van der Waals surface area contributed by atoms with E-state index in [-0.39, 0.29) is 51.3 Å². The van der Waals surface area contributed by atoms with Gasteiger partial charge in [-0.3, -0.25) is 20.0 Å². The highest BCUT2D eigenvalue weighted by Crippen LogP contribution is 2.41. The standard InChI is InChI=1S/C20H29BFNO4S.C20H19F2N5O2S.C7H3FIN3/c1-13-17(2,3)28(24,25)12-20(8,23-13)15-11-14(9-10-16(15)22)21-26-18(4,5)19(6,7)27-21;1-19(2)18(23)27-20(3,11-30(19,28)29)13-7-12(5-6-14(13)21)8-15(22)16-9-26-17(24-4)10-25-16;1-10-7-4-11-6(3-12-7)5(8)2-9/h9-11H,12H2,1-8H3;5-10H,11H2,1-3H3,(H2,23,27);2-4H/b;15-8-;5-2-/t2*20-;/m00./s1. The zero-order chi connectivity index (χ0) is 52.6. The SMILES string of the molecule is CC1=N[C@](C)(c2cc(B3OC(C)(C)C(C)(C)O3)ccc2F)CS(=O)(=O)C1(C)C.[C-]#[N+]c1cnc(/C(F)=C/I)cn1.[C-]#[N+]c1cnc(/C(F)=C/c2ccc(F)c([C@]3(C)CS(=O)(=O)C(C)(C)C(N)=N3)c2)cn1. The van der Waals surface area contributed by atoms with Crippen molar-refractivity contribution in [1.82, 2.24) is 19.9 Å². The number of benzene rings is 2. The average Bonchev–Trinajstić information content (AvgIpc) is 3.51. The molecule has 2 N–H and O–H groups in total. The maximum atomic E-state index is 14.8. The molecule has 2 aromatic heterocycles. The van der Waals surface area contributed by atoms with Crippen molar-refractivity contribution in [3.8, 4) is 0 Å². The largest absolute Gasteiger partial charge is 0.494 e. The number of nitrogens with two attached hydrogens (primary N) is 1. The van der Waals surface area contributed by atoms with Gasteiger partial charge in [0.25, 0.3) is 11.6 Å². The number of aliphatic imine (C=N–C) groups is 2. The van der Waals surface area contributed by atoms with Crippen LogP contribution in [0.15, 0.2) is 75.3 Å². The van der Waals surface area contributed by atoms with Crippen molar-refractivity contribution in [3.63, 3.8) is 0 Å². The summed E-state index contributed by atoms with van der Waals surface area (Å²) < 4.78 is 119. The Labute approximate surface area is 420 Å². The number of rotatable bonds is 6. The van der Waals surface area contributed by atoms with E-state index in [9.17, 15) is 34.4 Å². The second kappa shape index (κ2) is 20.0. The van der Waals surface area contributed by atoms with E-state index in [1.165, 1.54) is 55.4 Å². The van der Waals surface area contributed by atoms with Crippen LogP contribution < -0.4 is 11.2 Å². The molecule has 2 aromatic carbocycles. The highest BCUT2D eigenvalue weighted by Gasteiger charge is 2.53. The zero-order valence-corrected chi connectivity index (χ0v) is 44.0. The minimum absolute atomic E-state index is 0.0134. The summed E-state index contributed by atoms with van der Waals surface area (Å²) >= 11 is 1.77. The first-order valence-electron chi connectivity index (χ1n) is 21.3. The molecule has 0 spiro atoms. The normalized spacial score (nSPS) is 23.7. The van der Waals surface area contributed by atoms with E-state index >= 15 is 0 Å². The monoisotopic (exact) mass is 1120 g/mol. The third-order valence-electron chi connectivity index (χ3n) is 12.8. The number of hydrogen-bond donors (Lipinski definition) is 1. The molecule has 0 bridgehead atoms. The van der Waals surface area contributed by atoms with Crippen LogP contribution in [0.25, 0.3) is 27.4 Å². The highest BCUT2D eigenvalue weighted by molar-refractivity contribution is 14.1. The fourth-order valence-electron chi connectivity index (χ4n) is 7.14. The van der Waals surface area contributed by atoms with Crippen LogP contribution in [0.4, 0.5) is 29.2 Å². The molecule has 0 saturated carbocycles. The molecule has 3 aliphatic heterocycles. The van der Waals surface area contributed by atoms with Gasteiger partial charge in [0, 0.05) is 20.9 Å². The molecule has 0 aliphatic carbocycles. The zero-order valence-electron chi connectivity index (χ0n) is 40.2. The Morgan fingerprint density at radius 2 is 1.16 bits per heavy atom. The molecular weight excluding hydrogens is 1060 g/mol. The quantitative estimate of drug-likeness (QED) is 0.0836. The Morgan fingerprint density at radius 3 is 1.60 bits per heavy atom. The third-order valence-corrected chi connectivity index (χ3v) is 18.9. The van der Waals surface area contributed by atoms with E-state index in [1.807, 2.05) is 27.7 Å². The number of amidine groups is 1. The summed E-state index contributed by atoms with van der Waals surface area (Å²) in [5.74, 6) is -2.98. The van der Waals surface area contributed by atoms with Crippen molar-refractivity contribution in [1.29, 1.82) is 0 Å². The fraction of sp³-hybridized carbons (Fsp3) is 0.404. The molecule has 1 saturated heterocycles. The molecule has 2 atom stereocenters. The number of halogens is 5. The van der Waals surface area contributed by atoms with Gasteiger partial charge in [0.15, 0.2) is 31.3 Å². The van der Waals surface area contributed by atoms with Gasteiger partial charge in [0.1, 0.15) is 56.3 Å². The van der Waals surface area contributed by atoms with Crippen LogP contribution in [0.2, 0.25) is 0 Å². The van der Waals surface area contributed by atoms with Gasteiger partial charge in [-0.05, 0) is 134 Å². The lowest BCUT2D eigenvalue weighted by Gasteiger charge is -2.38. The van der Waals surface area contributed by atoms with Crippen molar-refractivity contribution < 1.29 is 43.7 Å². The van der Waals surface area contributed by atoms with Gasteiger partial charge in [-0.15, -0.1) is 9.97 Å². The predicted molar refractivity (Wildman–Crippen MR) is 272 cm³/mol. The second-order valence-electron chi connectivity index (χ2n) is 19.0. The van der Waals surface area contributed by atoms with Gasteiger partial charge in [0.05, 0.1) is 40.6 Å². The minimum Gasteiger partial charge on any atom is -0.399 e. The fourth-order valence-corrected chi connectivity index (χ4v) is 11.0. The molecule has 0 radical (unpaired) electrons. The third kappa shape index (κ3) is 11.2. The molecule has 5 heterocycles. The first-order chi connectivity index (χ1) is 32.2. The topological polar surface area (TPSA) is 198 Å². The van der Waals surface area contributed by atoms with Crippen LogP contribution in [-0.4, -0.2) is 87.6 Å². The molecule has 1 fully saturated rings. The summed E-state index contributed by atoms with van der Waals surface area (Å²) in [7, 11) is -7.89. The molecule has 70 heavy (non-hydrogen) atoms. The van der Waals surface area contributed by atoms with Crippen LogP contribution in [0.3, 0.4) is 0 Å². The Hall–Kier alpha value is -5.47. The van der Waals surface area contributed by atoms with Crippen molar-refractivity contribution in [2.45, 2.75) is 108 Å². The first-order valence-corrected chi connectivity index (χ1v) is 25.8. The van der Waals surface area contributed by atoms with Crippen LogP contribution in [0, 0.1) is 24.8 Å². The van der Waals surface area contributed by atoms with Crippen LogP contribution in [-0.2, 0) is 40.1 Å². The number of aromatic nitrogens is 4. The minimum atomic E-state index is -3.72. The number of sulfone groups is 2. The van der Waals surface area contributed by atoms with E-state index in [0.717, 1.165) is 24.5 Å². The molecule has 15 nitrogen and oxygen atoms in total. The Kier molecular flexibility index (Phi) is 15.8. The van der Waals surface area contributed by atoms with E-state index in [4.69, 9.17) is 28.2 Å². The van der Waals surface area contributed by atoms with Crippen molar-refractivity contribution in [2.24, 2.45) is 15.7 Å². The average molecular weight is 1120 g/mol. The van der Waals surface area contributed by atoms with Gasteiger partial charge in [0.2, 0.25) is 0 Å². The lowest BCUT2D eigenvalue weighted by atomic mass is 9.76. The Morgan fingerprint density at radius 1 is 0.700 bits per heavy atom. The summed E-state index contributed by atoms with van der Waals surface area (Å²) in [5.41, 5.74) is 3.87. The van der Waals surface area contributed by atoms with Gasteiger partial charge in [-0.25, -0.2) is 34.4 Å². The molecule has 0 unspecified atom stereocenters. The van der Waals surface area contributed by atoms with E-state index in [0.29, 0.717) is 11.2 Å². The highest BCUT2D eigenvalue weighted by atomic mass is 127. The van der Waals surface area contributed by atoms with Crippen LogP contribution >= 0.6 is 22.6 Å². The second-order valence-corrected chi connectivity index (χ2v) is 24.7. The Bertz CT molecular complexity index is 3120. The van der Waals surface area contributed by atoms with Crippen molar-refractivity contribution >= 4 is 95.8 Å². The van der Waals surface area contributed by atoms with Crippen LogP contribution in [0.5, 0.6) is 0 Å².